The van der Waals surface area contributed by atoms with Gasteiger partial charge in [-0.05, 0) is 30.4 Å². The van der Waals surface area contributed by atoms with Crippen LogP contribution in [0.3, 0.4) is 0 Å². The minimum atomic E-state index is 0.536. The van der Waals surface area contributed by atoms with Crippen LogP contribution >= 0.6 is 35.0 Å². The van der Waals surface area contributed by atoms with Crippen molar-refractivity contribution in [2.24, 2.45) is 16.8 Å². The van der Waals surface area contributed by atoms with Crippen molar-refractivity contribution >= 4 is 45.8 Å². The second-order valence-corrected chi connectivity index (χ2v) is 8.38. The first-order chi connectivity index (χ1) is 10.4. The number of thioether (sulfide) groups is 1. The van der Waals surface area contributed by atoms with E-state index in [4.69, 9.17) is 28.2 Å². The summed E-state index contributed by atoms with van der Waals surface area (Å²) in [6.07, 6.45) is 1.20. The van der Waals surface area contributed by atoms with Gasteiger partial charge in [0.2, 0.25) is 0 Å². The molecule has 0 aliphatic carbocycles. The number of nitrogens with zero attached hydrogens (tertiary/aromatic N) is 2. The van der Waals surface area contributed by atoms with Crippen LogP contribution in [0.2, 0.25) is 10.0 Å². The zero-order chi connectivity index (χ0) is 16.3. The van der Waals surface area contributed by atoms with Crippen LogP contribution in [0.15, 0.2) is 23.2 Å². The summed E-state index contributed by atoms with van der Waals surface area (Å²) in [6, 6.07) is 6.17. The molecule has 5 heteroatoms. The van der Waals surface area contributed by atoms with Gasteiger partial charge in [0, 0.05) is 18.3 Å². The highest BCUT2D eigenvalue weighted by Crippen LogP contribution is 2.36. The topological polar surface area (TPSA) is 15.6 Å². The maximum atomic E-state index is 6.28. The molecular formula is C17H24Cl2N2S. The van der Waals surface area contributed by atoms with Crippen LogP contribution in [0.4, 0.5) is 5.69 Å². The molecular weight excluding hydrogens is 335 g/mol. The lowest BCUT2D eigenvalue weighted by Crippen LogP contribution is -2.37. The number of amidine groups is 1. The summed E-state index contributed by atoms with van der Waals surface area (Å²) in [5.41, 5.74) is 0.760. The fraction of sp³-hybridized carbons (Fsp3) is 0.588. The first-order valence-corrected chi connectivity index (χ1v) is 9.54. The molecule has 0 bridgehead atoms. The van der Waals surface area contributed by atoms with Gasteiger partial charge in [-0.1, -0.05) is 68.7 Å². The lowest BCUT2D eigenvalue weighted by molar-refractivity contribution is 0.279. The third-order valence-electron chi connectivity index (χ3n) is 3.54. The van der Waals surface area contributed by atoms with E-state index in [0.29, 0.717) is 27.9 Å². The Balaban J connectivity index is 2.27. The zero-order valence-electron chi connectivity index (χ0n) is 13.6. The van der Waals surface area contributed by atoms with Crippen LogP contribution in [0.1, 0.15) is 34.1 Å². The molecule has 1 aliphatic rings. The van der Waals surface area contributed by atoms with Gasteiger partial charge in [0.25, 0.3) is 0 Å². The van der Waals surface area contributed by atoms with Crippen molar-refractivity contribution in [3.8, 4) is 0 Å². The number of aliphatic imine (C=N–C) groups is 1. The maximum Gasteiger partial charge on any atom is 0.164 e. The third-order valence-corrected chi connectivity index (χ3v) is 5.49. The van der Waals surface area contributed by atoms with Crippen molar-refractivity contribution in [1.29, 1.82) is 0 Å². The number of halogens is 2. The van der Waals surface area contributed by atoms with Crippen molar-refractivity contribution in [1.82, 2.24) is 4.90 Å². The molecule has 1 aliphatic heterocycles. The van der Waals surface area contributed by atoms with Gasteiger partial charge in [0.1, 0.15) is 0 Å². The van der Waals surface area contributed by atoms with E-state index in [0.717, 1.165) is 23.2 Å². The molecule has 1 saturated heterocycles. The fourth-order valence-corrected chi connectivity index (χ4v) is 4.19. The largest absolute Gasteiger partial charge is 0.347 e. The molecule has 1 heterocycles. The van der Waals surface area contributed by atoms with Gasteiger partial charge >= 0.3 is 0 Å². The predicted octanol–water partition coefficient (Wildman–Crippen LogP) is 6.10. The monoisotopic (exact) mass is 358 g/mol. The third kappa shape index (κ3) is 4.56. The first kappa shape index (κ1) is 18.0. The lowest BCUT2D eigenvalue weighted by Gasteiger charge is -2.28. The van der Waals surface area contributed by atoms with E-state index < -0.39 is 0 Å². The van der Waals surface area contributed by atoms with E-state index in [-0.39, 0.29) is 0 Å². The average Bonchev–Trinajstić information content (AvgIpc) is 2.76. The number of benzene rings is 1. The van der Waals surface area contributed by atoms with Gasteiger partial charge < -0.3 is 4.90 Å². The van der Waals surface area contributed by atoms with Crippen molar-refractivity contribution in [2.75, 3.05) is 12.3 Å². The molecule has 122 valence electrons. The van der Waals surface area contributed by atoms with Crippen molar-refractivity contribution in [3.63, 3.8) is 0 Å². The van der Waals surface area contributed by atoms with Crippen molar-refractivity contribution < 1.29 is 0 Å². The molecule has 0 aromatic heterocycles. The summed E-state index contributed by atoms with van der Waals surface area (Å²) in [6.45, 7) is 10.1. The van der Waals surface area contributed by atoms with Gasteiger partial charge in [-0.3, -0.25) is 0 Å². The quantitative estimate of drug-likeness (QED) is 0.631. The van der Waals surface area contributed by atoms with E-state index in [9.17, 15) is 0 Å². The summed E-state index contributed by atoms with van der Waals surface area (Å²) in [5, 5.41) is 2.17. The molecule has 0 amide bonds. The summed E-state index contributed by atoms with van der Waals surface area (Å²) in [5.74, 6) is 2.39. The number of rotatable bonds is 5. The van der Waals surface area contributed by atoms with Gasteiger partial charge in [0.05, 0.1) is 15.7 Å². The van der Waals surface area contributed by atoms with E-state index >= 15 is 0 Å². The van der Waals surface area contributed by atoms with Crippen LogP contribution in [0, 0.1) is 11.8 Å². The van der Waals surface area contributed by atoms with Crippen molar-refractivity contribution in [2.45, 2.75) is 40.2 Å². The Hall–Kier alpha value is -0.380. The van der Waals surface area contributed by atoms with Crippen LogP contribution in [-0.4, -0.2) is 28.4 Å². The van der Waals surface area contributed by atoms with Crippen LogP contribution in [0.25, 0.3) is 0 Å². The molecule has 2 nitrogen and oxygen atoms in total. The highest BCUT2D eigenvalue weighted by Gasteiger charge is 2.31. The van der Waals surface area contributed by atoms with Crippen LogP contribution < -0.4 is 0 Å². The summed E-state index contributed by atoms with van der Waals surface area (Å²) in [7, 11) is 0. The molecule has 0 radical (unpaired) electrons. The Bertz CT molecular complexity index is 543. The Morgan fingerprint density at radius 1 is 1.23 bits per heavy atom. The number of hydrogen-bond acceptors (Lipinski definition) is 2. The number of hydrogen-bond donors (Lipinski definition) is 0. The second-order valence-electron chi connectivity index (χ2n) is 6.61. The highest BCUT2D eigenvalue weighted by molar-refractivity contribution is 8.14. The molecule has 1 aromatic carbocycles. The van der Waals surface area contributed by atoms with E-state index in [2.05, 4.69) is 32.6 Å². The summed E-state index contributed by atoms with van der Waals surface area (Å²) < 4.78 is 0. The highest BCUT2D eigenvalue weighted by atomic mass is 35.5. The fourth-order valence-electron chi connectivity index (χ4n) is 2.64. The molecule has 0 saturated carbocycles. The molecule has 1 aromatic rings. The Morgan fingerprint density at radius 2 is 1.95 bits per heavy atom. The minimum absolute atomic E-state index is 0.536. The summed E-state index contributed by atoms with van der Waals surface area (Å²) in [4.78, 5) is 7.25. The smallest absolute Gasteiger partial charge is 0.164 e. The van der Waals surface area contributed by atoms with Crippen LogP contribution in [0.5, 0.6) is 0 Å². The molecule has 2 rings (SSSR count). The lowest BCUT2D eigenvalue weighted by atomic mass is 10.0. The minimum Gasteiger partial charge on any atom is -0.347 e. The second kappa shape index (κ2) is 7.94. The predicted molar refractivity (Wildman–Crippen MR) is 101 cm³/mol. The average molecular weight is 359 g/mol. The molecule has 1 fully saturated rings. The Labute approximate surface area is 148 Å². The van der Waals surface area contributed by atoms with Gasteiger partial charge in [-0.2, -0.15) is 0 Å². The Kier molecular flexibility index (Phi) is 6.48. The molecule has 1 atom stereocenters. The Morgan fingerprint density at radius 3 is 2.59 bits per heavy atom. The van der Waals surface area contributed by atoms with E-state index in [1.807, 2.05) is 23.9 Å². The van der Waals surface area contributed by atoms with E-state index in [1.165, 1.54) is 6.42 Å². The summed E-state index contributed by atoms with van der Waals surface area (Å²) >= 11 is 14.2. The molecule has 0 N–H and O–H groups in total. The maximum absolute atomic E-state index is 6.28. The van der Waals surface area contributed by atoms with Gasteiger partial charge in [-0.25, -0.2) is 4.99 Å². The van der Waals surface area contributed by atoms with E-state index in [1.54, 1.807) is 6.07 Å². The SMILES string of the molecule is CC(C)CC1CSC(=Nc2cccc(Cl)c2Cl)N1CC(C)C. The van der Waals surface area contributed by atoms with Crippen LogP contribution in [-0.2, 0) is 0 Å². The zero-order valence-corrected chi connectivity index (χ0v) is 16.0. The normalized spacial score (nSPS) is 20.6. The first-order valence-electron chi connectivity index (χ1n) is 7.80. The molecule has 22 heavy (non-hydrogen) atoms. The standard InChI is InChI=1S/C17H24Cl2N2S/c1-11(2)8-13-10-22-17(21(13)9-12(3)4)20-15-7-5-6-14(18)16(15)19/h5-7,11-13H,8-10H2,1-4H3. The molecule has 1 unspecified atom stereocenters. The van der Waals surface area contributed by atoms with Gasteiger partial charge in [0.15, 0.2) is 5.17 Å². The van der Waals surface area contributed by atoms with Crippen molar-refractivity contribution in [3.05, 3.63) is 28.2 Å². The van der Waals surface area contributed by atoms with Gasteiger partial charge in [-0.15, -0.1) is 0 Å². The molecule has 0 spiro atoms.